The summed E-state index contributed by atoms with van der Waals surface area (Å²) in [6.07, 6.45) is 1.09. The first kappa shape index (κ1) is 18.8. The summed E-state index contributed by atoms with van der Waals surface area (Å²) in [4.78, 5) is 23.4. The van der Waals surface area contributed by atoms with Crippen LogP contribution >= 0.6 is 11.8 Å². The molecular formula is C20H23N5O2S. The first-order valence-electron chi connectivity index (χ1n) is 9.49. The highest BCUT2D eigenvalue weighted by Crippen LogP contribution is 2.28. The van der Waals surface area contributed by atoms with Crippen molar-refractivity contribution in [3.8, 4) is 0 Å². The zero-order chi connectivity index (χ0) is 19.3. The van der Waals surface area contributed by atoms with Gasteiger partial charge < -0.3 is 9.88 Å². The SMILES string of the molecule is O=[N+]([O-])c1ccccc1N1CCN(CCCSc2nc3ccccc3[nH]2)CC1. The number of hydrogen-bond donors (Lipinski definition) is 1. The van der Waals surface area contributed by atoms with Crippen molar-refractivity contribution in [3.05, 3.63) is 58.6 Å². The fourth-order valence-corrected chi connectivity index (χ4v) is 4.36. The molecule has 1 aliphatic rings. The van der Waals surface area contributed by atoms with Crippen molar-refractivity contribution in [1.82, 2.24) is 14.9 Å². The first-order chi connectivity index (χ1) is 13.7. The minimum Gasteiger partial charge on any atom is -0.363 e. The van der Waals surface area contributed by atoms with E-state index in [-0.39, 0.29) is 10.6 Å². The molecule has 4 rings (SSSR count). The Morgan fingerprint density at radius 3 is 2.61 bits per heavy atom. The molecule has 28 heavy (non-hydrogen) atoms. The maximum Gasteiger partial charge on any atom is 0.292 e. The van der Waals surface area contributed by atoms with Crippen LogP contribution in [0.4, 0.5) is 11.4 Å². The molecule has 1 aliphatic heterocycles. The summed E-state index contributed by atoms with van der Waals surface area (Å²) in [5.41, 5.74) is 3.01. The standard InChI is InChI=1S/C20H23N5O2S/c26-25(27)19-9-4-3-8-18(19)24-13-11-23(12-14-24)10-5-15-28-20-21-16-6-1-2-7-17(16)22-20/h1-4,6-9H,5,10-15H2,(H,21,22). The zero-order valence-corrected chi connectivity index (χ0v) is 16.4. The summed E-state index contributed by atoms with van der Waals surface area (Å²) >= 11 is 1.76. The Labute approximate surface area is 167 Å². The molecule has 1 fully saturated rings. The third-order valence-electron chi connectivity index (χ3n) is 5.02. The van der Waals surface area contributed by atoms with Crippen LogP contribution in [0, 0.1) is 10.1 Å². The highest BCUT2D eigenvalue weighted by molar-refractivity contribution is 7.99. The molecule has 0 spiro atoms. The van der Waals surface area contributed by atoms with Gasteiger partial charge in [0.2, 0.25) is 0 Å². The fourth-order valence-electron chi connectivity index (χ4n) is 3.55. The molecule has 0 aliphatic carbocycles. The first-order valence-corrected chi connectivity index (χ1v) is 10.5. The fraction of sp³-hybridized carbons (Fsp3) is 0.350. The van der Waals surface area contributed by atoms with Gasteiger partial charge in [-0.2, -0.15) is 0 Å². The van der Waals surface area contributed by atoms with Crippen molar-refractivity contribution in [2.75, 3.05) is 43.4 Å². The highest BCUT2D eigenvalue weighted by Gasteiger charge is 2.22. The van der Waals surface area contributed by atoms with Crippen LogP contribution in [-0.4, -0.2) is 58.3 Å². The van der Waals surface area contributed by atoms with Crippen molar-refractivity contribution >= 4 is 34.2 Å². The second-order valence-electron chi connectivity index (χ2n) is 6.84. The topological polar surface area (TPSA) is 78.3 Å². The highest BCUT2D eigenvalue weighted by atomic mass is 32.2. The van der Waals surface area contributed by atoms with E-state index in [1.54, 1.807) is 23.9 Å². The Morgan fingerprint density at radius 2 is 1.82 bits per heavy atom. The van der Waals surface area contributed by atoms with Gasteiger partial charge in [0.1, 0.15) is 5.69 Å². The van der Waals surface area contributed by atoms with Gasteiger partial charge in [0.25, 0.3) is 5.69 Å². The molecule has 0 radical (unpaired) electrons. The lowest BCUT2D eigenvalue weighted by molar-refractivity contribution is -0.384. The molecule has 0 bridgehead atoms. The number of rotatable bonds is 7. The number of aromatic amines is 1. The zero-order valence-electron chi connectivity index (χ0n) is 15.6. The number of hydrogen-bond acceptors (Lipinski definition) is 6. The Balaban J connectivity index is 1.22. The Morgan fingerprint density at radius 1 is 1.07 bits per heavy atom. The van der Waals surface area contributed by atoms with E-state index < -0.39 is 0 Å². The third-order valence-corrected chi connectivity index (χ3v) is 5.98. The number of benzene rings is 2. The molecule has 0 unspecified atom stereocenters. The van der Waals surface area contributed by atoms with Crippen LogP contribution in [0.3, 0.4) is 0 Å². The van der Waals surface area contributed by atoms with E-state index in [2.05, 4.69) is 19.8 Å². The van der Waals surface area contributed by atoms with Crippen LogP contribution < -0.4 is 4.90 Å². The average Bonchev–Trinajstić information content (AvgIpc) is 3.14. The van der Waals surface area contributed by atoms with Crippen molar-refractivity contribution in [1.29, 1.82) is 0 Å². The summed E-state index contributed by atoms with van der Waals surface area (Å²) < 4.78 is 0. The predicted molar refractivity (Wildman–Crippen MR) is 113 cm³/mol. The minimum atomic E-state index is -0.295. The maximum absolute atomic E-state index is 11.2. The number of para-hydroxylation sites is 4. The minimum absolute atomic E-state index is 0.193. The summed E-state index contributed by atoms with van der Waals surface area (Å²) in [7, 11) is 0. The number of nitrogens with zero attached hydrogens (tertiary/aromatic N) is 4. The molecule has 0 atom stereocenters. The maximum atomic E-state index is 11.2. The second-order valence-corrected chi connectivity index (χ2v) is 7.92. The van der Waals surface area contributed by atoms with Crippen molar-refractivity contribution in [2.24, 2.45) is 0 Å². The number of H-pyrrole nitrogens is 1. The molecule has 1 N–H and O–H groups in total. The van der Waals surface area contributed by atoms with Gasteiger partial charge in [0.05, 0.1) is 16.0 Å². The molecule has 3 aromatic rings. The van der Waals surface area contributed by atoms with Crippen LogP contribution in [0.1, 0.15) is 6.42 Å². The number of piperazine rings is 1. The van der Waals surface area contributed by atoms with E-state index in [1.165, 1.54) is 0 Å². The van der Waals surface area contributed by atoms with Gasteiger partial charge >= 0.3 is 0 Å². The van der Waals surface area contributed by atoms with Crippen LogP contribution in [0.2, 0.25) is 0 Å². The van der Waals surface area contributed by atoms with E-state index in [1.807, 2.05) is 36.4 Å². The second kappa shape index (κ2) is 8.62. The summed E-state index contributed by atoms with van der Waals surface area (Å²) in [5.74, 6) is 1.02. The molecule has 2 aromatic carbocycles. The third kappa shape index (κ3) is 4.28. The lowest BCUT2D eigenvalue weighted by atomic mass is 10.2. The predicted octanol–water partition coefficient (Wildman–Crippen LogP) is 3.78. The number of aromatic nitrogens is 2. The molecule has 0 saturated carbocycles. The normalized spacial score (nSPS) is 15.2. The van der Waals surface area contributed by atoms with E-state index >= 15 is 0 Å². The number of fused-ring (bicyclic) bond motifs is 1. The molecule has 7 nitrogen and oxygen atoms in total. The van der Waals surface area contributed by atoms with Crippen LogP contribution in [0.25, 0.3) is 11.0 Å². The van der Waals surface area contributed by atoms with Crippen molar-refractivity contribution in [3.63, 3.8) is 0 Å². The largest absolute Gasteiger partial charge is 0.363 e. The number of anilines is 1. The number of imidazole rings is 1. The van der Waals surface area contributed by atoms with Gasteiger partial charge in [-0.15, -0.1) is 0 Å². The number of thioether (sulfide) groups is 1. The lowest BCUT2D eigenvalue weighted by Crippen LogP contribution is -2.46. The summed E-state index contributed by atoms with van der Waals surface area (Å²) in [6.45, 7) is 4.55. The summed E-state index contributed by atoms with van der Waals surface area (Å²) in [6, 6.07) is 15.1. The Bertz CT molecular complexity index is 919. The number of nitro benzene ring substituents is 1. The number of nitro groups is 1. The van der Waals surface area contributed by atoms with E-state index in [0.29, 0.717) is 0 Å². The van der Waals surface area contributed by atoms with Crippen LogP contribution in [0.5, 0.6) is 0 Å². The van der Waals surface area contributed by atoms with Crippen LogP contribution in [-0.2, 0) is 0 Å². The van der Waals surface area contributed by atoms with Gasteiger partial charge in [-0.1, -0.05) is 36.0 Å². The van der Waals surface area contributed by atoms with Gasteiger partial charge in [-0.05, 0) is 31.2 Å². The van der Waals surface area contributed by atoms with Gasteiger partial charge in [-0.25, -0.2) is 4.98 Å². The molecular weight excluding hydrogens is 374 g/mol. The van der Waals surface area contributed by atoms with E-state index in [4.69, 9.17) is 0 Å². The van der Waals surface area contributed by atoms with Gasteiger partial charge in [0, 0.05) is 38.0 Å². The Hall–Kier alpha value is -2.58. The van der Waals surface area contributed by atoms with Crippen molar-refractivity contribution in [2.45, 2.75) is 11.6 Å². The van der Waals surface area contributed by atoms with Crippen molar-refractivity contribution < 1.29 is 4.92 Å². The molecule has 8 heteroatoms. The smallest absolute Gasteiger partial charge is 0.292 e. The van der Waals surface area contributed by atoms with Crippen LogP contribution in [0.15, 0.2) is 53.7 Å². The molecule has 146 valence electrons. The van der Waals surface area contributed by atoms with E-state index in [0.717, 1.165) is 66.8 Å². The Kier molecular flexibility index (Phi) is 5.78. The molecule has 1 aromatic heterocycles. The molecule has 1 saturated heterocycles. The molecule has 2 heterocycles. The average molecular weight is 398 g/mol. The van der Waals surface area contributed by atoms with E-state index in [9.17, 15) is 10.1 Å². The van der Waals surface area contributed by atoms with Gasteiger partial charge in [0.15, 0.2) is 5.16 Å². The number of nitrogens with one attached hydrogen (secondary N) is 1. The monoisotopic (exact) mass is 397 g/mol. The summed E-state index contributed by atoms with van der Waals surface area (Å²) in [5, 5.41) is 12.2. The van der Waals surface area contributed by atoms with Gasteiger partial charge in [-0.3, -0.25) is 15.0 Å². The quantitative estimate of drug-likeness (QED) is 0.283. The molecule has 0 amide bonds. The lowest BCUT2D eigenvalue weighted by Gasteiger charge is -2.35.